The second-order valence-corrected chi connectivity index (χ2v) is 12.3. The first kappa shape index (κ1) is 32.7. The van der Waals surface area contributed by atoms with Crippen LogP contribution >= 0.6 is 0 Å². The smallest absolute Gasteiger partial charge is 0.0603 e. The van der Waals surface area contributed by atoms with E-state index in [1.165, 1.54) is 0 Å². The van der Waals surface area contributed by atoms with Crippen LogP contribution < -0.4 is 0 Å². The Morgan fingerprint density at radius 1 is 0.455 bits per heavy atom. The van der Waals surface area contributed by atoms with Crippen LogP contribution in [0.2, 0.25) is 0 Å². The van der Waals surface area contributed by atoms with E-state index in [1.54, 1.807) is 0 Å². The molecule has 0 unspecified atom stereocenters. The van der Waals surface area contributed by atoms with E-state index in [0.717, 1.165) is 52.1 Å². The Balaban J connectivity index is 4.29. The number of aliphatic hydroxyl groups is 4. The van der Waals surface area contributed by atoms with E-state index in [1.807, 2.05) is 55.4 Å². The first-order valence-electron chi connectivity index (χ1n) is 12.8. The maximum Gasteiger partial charge on any atom is 0.0603 e. The largest absolute Gasteiger partial charge is 0.390 e. The average Bonchev–Trinajstić information content (AvgIpc) is 2.60. The van der Waals surface area contributed by atoms with E-state index >= 15 is 0 Å². The molecule has 200 valence electrons. The second kappa shape index (κ2) is 15.0. The summed E-state index contributed by atoms with van der Waals surface area (Å²) in [6.07, 6.45) is 4.63. The molecule has 0 aliphatic heterocycles. The van der Waals surface area contributed by atoms with Gasteiger partial charge in [-0.15, -0.1) is 0 Å². The standard InChI is InChI=1S/C26H56N2O5/c1-23(2,29)11-17-27(18-12-24(3,4)30)15-9-21-33-22-10-16-28(19-13-25(5,6)31)20-14-26(7,8)32/h29-32H,9-22H2,1-8H3. The van der Waals surface area contributed by atoms with Gasteiger partial charge in [0.15, 0.2) is 0 Å². The Morgan fingerprint density at radius 3 is 0.909 bits per heavy atom. The fourth-order valence-corrected chi connectivity index (χ4v) is 3.28. The van der Waals surface area contributed by atoms with Gasteiger partial charge in [0.05, 0.1) is 22.4 Å². The lowest BCUT2D eigenvalue weighted by Gasteiger charge is -2.29. The molecule has 0 atom stereocenters. The fraction of sp³-hybridized carbons (Fsp3) is 1.00. The van der Waals surface area contributed by atoms with Crippen molar-refractivity contribution in [2.75, 3.05) is 52.5 Å². The molecule has 0 aliphatic carbocycles. The zero-order chi connectivity index (χ0) is 25.8. The number of rotatable bonds is 20. The fourth-order valence-electron chi connectivity index (χ4n) is 3.28. The van der Waals surface area contributed by atoms with Gasteiger partial charge in [-0.3, -0.25) is 0 Å². The van der Waals surface area contributed by atoms with E-state index in [0.29, 0.717) is 38.9 Å². The minimum atomic E-state index is -0.689. The molecule has 0 rings (SSSR count). The van der Waals surface area contributed by atoms with Gasteiger partial charge in [-0.1, -0.05) is 0 Å². The molecule has 0 spiro atoms. The molecule has 0 fully saturated rings. The SMILES string of the molecule is CC(C)(O)CCN(CCCOCCCN(CCC(C)(C)O)CCC(C)(C)O)CCC(C)(C)O. The van der Waals surface area contributed by atoms with Crippen LogP contribution in [-0.2, 0) is 4.74 Å². The Hall–Kier alpha value is -0.280. The molecule has 0 saturated carbocycles. The van der Waals surface area contributed by atoms with Crippen LogP contribution in [0.15, 0.2) is 0 Å². The predicted octanol–water partition coefficient (Wildman–Crippen LogP) is 3.03. The Morgan fingerprint density at radius 2 is 0.697 bits per heavy atom. The highest BCUT2D eigenvalue weighted by molar-refractivity contribution is 4.74. The number of hydrogen-bond acceptors (Lipinski definition) is 7. The molecular weight excluding hydrogens is 420 g/mol. The van der Waals surface area contributed by atoms with Gasteiger partial charge in [0.25, 0.3) is 0 Å². The summed E-state index contributed by atoms with van der Waals surface area (Å²) in [6.45, 7) is 21.0. The van der Waals surface area contributed by atoms with Crippen LogP contribution in [-0.4, -0.2) is 105 Å². The molecule has 7 nitrogen and oxygen atoms in total. The van der Waals surface area contributed by atoms with Gasteiger partial charge in [-0.25, -0.2) is 0 Å². The minimum Gasteiger partial charge on any atom is -0.390 e. The van der Waals surface area contributed by atoms with Crippen molar-refractivity contribution in [3.8, 4) is 0 Å². The van der Waals surface area contributed by atoms with E-state index < -0.39 is 22.4 Å². The molecule has 0 aliphatic rings. The van der Waals surface area contributed by atoms with Crippen molar-refractivity contribution in [3.05, 3.63) is 0 Å². The van der Waals surface area contributed by atoms with Crippen LogP contribution in [0.4, 0.5) is 0 Å². The van der Waals surface area contributed by atoms with Gasteiger partial charge in [0, 0.05) is 52.5 Å². The summed E-state index contributed by atoms with van der Waals surface area (Å²) in [4.78, 5) is 4.60. The molecule has 0 aromatic rings. The lowest BCUT2D eigenvalue weighted by Crippen LogP contribution is -2.36. The van der Waals surface area contributed by atoms with Crippen molar-refractivity contribution >= 4 is 0 Å². The maximum absolute atomic E-state index is 10.0. The second-order valence-electron chi connectivity index (χ2n) is 12.3. The summed E-state index contributed by atoms with van der Waals surface area (Å²) in [5.74, 6) is 0. The summed E-state index contributed by atoms with van der Waals surface area (Å²) >= 11 is 0. The molecule has 0 bridgehead atoms. The van der Waals surface area contributed by atoms with Gasteiger partial charge in [0.2, 0.25) is 0 Å². The van der Waals surface area contributed by atoms with Gasteiger partial charge in [0.1, 0.15) is 0 Å². The van der Waals surface area contributed by atoms with Gasteiger partial charge in [-0.05, 0) is 93.9 Å². The third-order valence-corrected chi connectivity index (χ3v) is 5.69. The number of hydrogen-bond donors (Lipinski definition) is 4. The minimum absolute atomic E-state index is 0.689. The molecule has 0 radical (unpaired) electrons. The summed E-state index contributed by atoms with van der Waals surface area (Å²) < 4.78 is 5.87. The molecule has 0 aromatic heterocycles. The predicted molar refractivity (Wildman–Crippen MR) is 137 cm³/mol. The van der Waals surface area contributed by atoms with Crippen LogP contribution in [0.5, 0.6) is 0 Å². The third kappa shape index (κ3) is 24.6. The Labute approximate surface area is 204 Å². The van der Waals surface area contributed by atoms with Crippen LogP contribution in [0.3, 0.4) is 0 Å². The summed E-state index contributed by atoms with van der Waals surface area (Å²) in [7, 11) is 0. The molecule has 0 amide bonds. The third-order valence-electron chi connectivity index (χ3n) is 5.69. The zero-order valence-electron chi connectivity index (χ0n) is 23.0. The molecule has 4 N–H and O–H groups in total. The zero-order valence-corrected chi connectivity index (χ0v) is 23.0. The summed E-state index contributed by atoms with van der Waals surface area (Å²) in [5.41, 5.74) is -2.75. The molecule has 0 aromatic carbocycles. The van der Waals surface area contributed by atoms with Crippen molar-refractivity contribution in [2.45, 2.75) is 116 Å². The maximum atomic E-state index is 10.0. The van der Waals surface area contributed by atoms with E-state index in [9.17, 15) is 20.4 Å². The lowest BCUT2D eigenvalue weighted by molar-refractivity contribution is 0.0366. The quantitative estimate of drug-likeness (QED) is 0.201. The van der Waals surface area contributed by atoms with E-state index in [-0.39, 0.29) is 0 Å². The van der Waals surface area contributed by atoms with Crippen molar-refractivity contribution in [1.29, 1.82) is 0 Å². The Kier molecular flexibility index (Phi) is 14.8. The molecular formula is C26H56N2O5. The molecule has 7 heteroatoms. The van der Waals surface area contributed by atoms with Crippen LogP contribution in [0.1, 0.15) is 93.9 Å². The first-order valence-corrected chi connectivity index (χ1v) is 12.8. The first-order chi connectivity index (χ1) is 14.9. The lowest BCUT2D eigenvalue weighted by atomic mass is 10.0. The molecule has 0 heterocycles. The van der Waals surface area contributed by atoms with Crippen molar-refractivity contribution in [3.63, 3.8) is 0 Å². The van der Waals surface area contributed by atoms with Crippen molar-refractivity contribution < 1.29 is 25.2 Å². The highest BCUT2D eigenvalue weighted by Crippen LogP contribution is 2.14. The normalized spacial score (nSPS) is 14.0. The average molecular weight is 477 g/mol. The van der Waals surface area contributed by atoms with E-state index in [2.05, 4.69) is 9.80 Å². The van der Waals surface area contributed by atoms with Crippen molar-refractivity contribution in [2.24, 2.45) is 0 Å². The topological polar surface area (TPSA) is 96.6 Å². The highest BCUT2D eigenvalue weighted by Gasteiger charge is 2.20. The summed E-state index contributed by atoms with van der Waals surface area (Å²) in [6, 6.07) is 0. The van der Waals surface area contributed by atoms with Crippen molar-refractivity contribution in [1.82, 2.24) is 9.80 Å². The number of nitrogens with zero attached hydrogens (tertiary/aromatic N) is 2. The molecule has 33 heavy (non-hydrogen) atoms. The van der Waals surface area contributed by atoms with Crippen LogP contribution in [0, 0.1) is 0 Å². The highest BCUT2D eigenvalue weighted by atomic mass is 16.5. The van der Waals surface area contributed by atoms with Gasteiger partial charge >= 0.3 is 0 Å². The van der Waals surface area contributed by atoms with Gasteiger partial charge in [-0.2, -0.15) is 0 Å². The monoisotopic (exact) mass is 476 g/mol. The van der Waals surface area contributed by atoms with E-state index in [4.69, 9.17) is 4.74 Å². The van der Waals surface area contributed by atoms with Crippen LogP contribution in [0.25, 0.3) is 0 Å². The Bertz CT molecular complexity index is 407. The number of ether oxygens (including phenoxy) is 1. The summed E-state index contributed by atoms with van der Waals surface area (Å²) in [5, 5.41) is 40.2. The van der Waals surface area contributed by atoms with Gasteiger partial charge < -0.3 is 35.0 Å². The molecule has 0 saturated heterocycles.